The maximum Gasteiger partial charge on any atom is 0.471 e. The Hall–Kier alpha value is -2.54. The van der Waals surface area contributed by atoms with Gasteiger partial charge in [-0.15, -0.1) is 0 Å². The first kappa shape index (κ1) is 18.3. The van der Waals surface area contributed by atoms with Gasteiger partial charge in [-0.2, -0.15) is 13.2 Å². The van der Waals surface area contributed by atoms with Crippen LogP contribution in [-0.4, -0.2) is 23.6 Å². The molecule has 26 heavy (non-hydrogen) atoms. The first-order chi connectivity index (χ1) is 12.2. The van der Waals surface area contributed by atoms with Gasteiger partial charge in [-0.3, -0.25) is 4.79 Å². The highest BCUT2D eigenvalue weighted by Gasteiger charge is 2.42. The number of amides is 1. The minimum atomic E-state index is -4.95. The lowest BCUT2D eigenvalue weighted by Gasteiger charge is -2.21. The van der Waals surface area contributed by atoms with Crippen molar-refractivity contribution in [3.05, 3.63) is 47.0 Å². The molecule has 8 heteroatoms. The summed E-state index contributed by atoms with van der Waals surface area (Å²) in [6, 6.07) is 9.60. The van der Waals surface area contributed by atoms with Gasteiger partial charge in [-0.25, -0.2) is 4.98 Å². The average Bonchev–Trinajstić information content (AvgIpc) is 3.00. The summed E-state index contributed by atoms with van der Waals surface area (Å²) in [5, 5.41) is 0.554. The Kier molecular flexibility index (Phi) is 4.66. The van der Waals surface area contributed by atoms with Crippen LogP contribution in [0, 0.1) is 6.92 Å². The van der Waals surface area contributed by atoms with E-state index in [1.807, 2.05) is 13.0 Å². The Morgan fingerprint density at radius 2 is 1.96 bits per heavy atom. The third-order valence-corrected chi connectivity index (χ3v) is 4.31. The van der Waals surface area contributed by atoms with E-state index in [0.717, 1.165) is 5.56 Å². The zero-order valence-corrected chi connectivity index (χ0v) is 14.6. The van der Waals surface area contributed by atoms with E-state index in [0.29, 0.717) is 26.9 Å². The van der Waals surface area contributed by atoms with E-state index < -0.39 is 12.1 Å². The largest absolute Gasteiger partial charge is 0.471 e. The van der Waals surface area contributed by atoms with Crippen molar-refractivity contribution in [1.29, 1.82) is 0 Å². The predicted octanol–water partition coefficient (Wildman–Crippen LogP) is 5.37. The molecule has 0 aliphatic rings. The number of aryl methyl sites for hydroxylation is 1. The molecular formula is C18H14ClF3N2O2. The number of halogens is 4. The number of nitrogens with zero attached hydrogens (tertiary/aromatic N) is 2. The van der Waals surface area contributed by atoms with Gasteiger partial charge < -0.3 is 9.32 Å². The first-order valence-electron chi connectivity index (χ1n) is 7.76. The summed E-state index contributed by atoms with van der Waals surface area (Å²) in [4.78, 5) is 16.5. The van der Waals surface area contributed by atoms with Crippen molar-refractivity contribution in [2.45, 2.75) is 20.0 Å². The summed E-state index contributed by atoms with van der Waals surface area (Å²) in [6.45, 7) is 3.20. The fraction of sp³-hybridized carbons (Fsp3) is 0.222. The van der Waals surface area contributed by atoms with E-state index in [1.54, 1.807) is 12.1 Å². The van der Waals surface area contributed by atoms with Crippen LogP contribution in [0.2, 0.25) is 5.02 Å². The zero-order valence-electron chi connectivity index (χ0n) is 13.9. The van der Waals surface area contributed by atoms with Gasteiger partial charge in [0.15, 0.2) is 5.58 Å². The molecule has 2 aromatic carbocycles. The molecule has 0 radical (unpaired) electrons. The van der Waals surface area contributed by atoms with Crippen molar-refractivity contribution in [2.75, 3.05) is 11.4 Å². The summed E-state index contributed by atoms with van der Waals surface area (Å²) < 4.78 is 43.9. The Bertz CT molecular complexity index is 982. The molecule has 136 valence electrons. The standard InChI is InChI=1S/C18H14ClF3N2O2/c1-3-24(17(25)18(20,21)22)12-6-7-14-15(9-12)26-16(23-14)11-5-4-10(2)13(19)8-11/h4-9H,3H2,1-2H3. The van der Waals surface area contributed by atoms with E-state index in [-0.39, 0.29) is 17.8 Å². The van der Waals surface area contributed by atoms with E-state index >= 15 is 0 Å². The lowest BCUT2D eigenvalue weighted by atomic mass is 10.1. The van der Waals surface area contributed by atoms with Crippen LogP contribution < -0.4 is 4.90 Å². The van der Waals surface area contributed by atoms with Gasteiger partial charge in [0, 0.05) is 28.9 Å². The number of fused-ring (bicyclic) bond motifs is 1. The van der Waals surface area contributed by atoms with Crippen molar-refractivity contribution >= 4 is 34.3 Å². The summed E-state index contributed by atoms with van der Waals surface area (Å²) in [5.41, 5.74) is 2.39. The molecule has 1 amide bonds. The number of aromatic nitrogens is 1. The Morgan fingerprint density at radius 1 is 1.23 bits per heavy atom. The van der Waals surface area contributed by atoms with Crippen molar-refractivity contribution in [3.8, 4) is 11.5 Å². The molecule has 0 aliphatic carbocycles. The molecule has 0 N–H and O–H groups in total. The topological polar surface area (TPSA) is 46.3 Å². The molecule has 0 saturated heterocycles. The van der Waals surface area contributed by atoms with Crippen LogP contribution in [0.15, 0.2) is 40.8 Å². The number of carbonyl (C=O) groups excluding carboxylic acids is 1. The molecule has 3 aromatic rings. The van der Waals surface area contributed by atoms with Crippen molar-refractivity contribution < 1.29 is 22.4 Å². The average molecular weight is 383 g/mol. The highest BCUT2D eigenvalue weighted by Crippen LogP contribution is 2.31. The Balaban J connectivity index is 2.01. The number of benzene rings is 2. The van der Waals surface area contributed by atoms with Crippen LogP contribution in [0.25, 0.3) is 22.6 Å². The van der Waals surface area contributed by atoms with E-state index in [4.69, 9.17) is 16.0 Å². The number of hydrogen-bond acceptors (Lipinski definition) is 3. The van der Waals surface area contributed by atoms with Gasteiger partial charge in [0.1, 0.15) is 5.52 Å². The Morgan fingerprint density at radius 3 is 2.58 bits per heavy atom. The SMILES string of the molecule is CCN(C(=O)C(F)(F)F)c1ccc2nc(-c3ccc(C)c(Cl)c3)oc2c1. The summed E-state index contributed by atoms with van der Waals surface area (Å²) in [7, 11) is 0. The van der Waals surface area contributed by atoms with Gasteiger partial charge in [0.2, 0.25) is 5.89 Å². The van der Waals surface area contributed by atoms with Crippen LogP contribution in [0.1, 0.15) is 12.5 Å². The number of hydrogen-bond donors (Lipinski definition) is 0. The van der Waals surface area contributed by atoms with Crippen molar-refractivity contribution in [2.24, 2.45) is 0 Å². The van der Waals surface area contributed by atoms with Gasteiger partial charge in [-0.05, 0) is 43.7 Å². The molecule has 0 spiro atoms. The summed E-state index contributed by atoms with van der Waals surface area (Å²) >= 11 is 6.11. The van der Waals surface area contributed by atoms with Gasteiger partial charge in [0.05, 0.1) is 0 Å². The van der Waals surface area contributed by atoms with E-state index in [1.165, 1.54) is 25.1 Å². The second kappa shape index (κ2) is 6.64. The molecule has 0 atom stereocenters. The molecule has 4 nitrogen and oxygen atoms in total. The fourth-order valence-corrected chi connectivity index (χ4v) is 2.71. The van der Waals surface area contributed by atoms with E-state index in [2.05, 4.69) is 4.98 Å². The number of oxazole rings is 1. The van der Waals surface area contributed by atoms with E-state index in [9.17, 15) is 18.0 Å². The minimum absolute atomic E-state index is 0.0898. The highest BCUT2D eigenvalue weighted by molar-refractivity contribution is 6.31. The second-order valence-electron chi connectivity index (χ2n) is 5.68. The lowest BCUT2D eigenvalue weighted by molar-refractivity contribution is -0.170. The number of alkyl halides is 3. The van der Waals surface area contributed by atoms with Crippen molar-refractivity contribution in [3.63, 3.8) is 0 Å². The molecule has 0 saturated carbocycles. The monoisotopic (exact) mass is 382 g/mol. The summed E-state index contributed by atoms with van der Waals surface area (Å²) in [5.74, 6) is -1.63. The van der Waals surface area contributed by atoms with Crippen LogP contribution in [0.4, 0.5) is 18.9 Å². The number of rotatable bonds is 3. The third kappa shape index (κ3) is 3.39. The van der Waals surface area contributed by atoms with Crippen LogP contribution in [0.5, 0.6) is 0 Å². The molecule has 0 fully saturated rings. The van der Waals surface area contributed by atoms with Crippen LogP contribution in [0.3, 0.4) is 0 Å². The van der Waals surface area contributed by atoms with Crippen LogP contribution >= 0.6 is 11.6 Å². The van der Waals surface area contributed by atoms with Gasteiger partial charge in [0.25, 0.3) is 0 Å². The fourth-order valence-electron chi connectivity index (χ4n) is 2.53. The highest BCUT2D eigenvalue weighted by atomic mass is 35.5. The maximum atomic E-state index is 12.7. The number of anilines is 1. The molecule has 1 aromatic heterocycles. The Labute approximate surface area is 152 Å². The predicted molar refractivity (Wildman–Crippen MR) is 93.3 cm³/mol. The normalized spacial score (nSPS) is 11.8. The van der Waals surface area contributed by atoms with Gasteiger partial charge >= 0.3 is 12.1 Å². The molecule has 0 bridgehead atoms. The summed E-state index contributed by atoms with van der Waals surface area (Å²) in [6.07, 6.45) is -4.95. The molecule has 0 aliphatic heterocycles. The lowest BCUT2D eigenvalue weighted by Crippen LogP contribution is -2.41. The van der Waals surface area contributed by atoms with Crippen LogP contribution in [-0.2, 0) is 4.79 Å². The first-order valence-corrected chi connectivity index (χ1v) is 8.14. The molecule has 0 unspecified atom stereocenters. The third-order valence-electron chi connectivity index (χ3n) is 3.91. The smallest absolute Gasteiger partial charge is 0.436 e. The number of carbonyl (C=O) groups is 1. The zero-order chi connectivity index (χ0) is 19.1. The second-order valence-corrected chi connectivity index (χ2v) is 6.09. The van der Waals surface area contributed by atoms with Gasteiger partial charge in [-0.1, -0.05) is 17.7 Å². The molecular weight excluding hydrogens is 369 g/mol. The van der Waals surface area contributed by atoms with Crippen molar-refractivity contribution in [1.82, 2.24) is 4.98 Å². The quantitative estimate of drug-likeness (QED) is 0.611. The molecule has 1 heterocycles. The maximum absolute atomic E-state index is 12.7. The molecule has 3 rings (SSSR count). The minimum Gasteiger partial charge on any atom is -0.436 e.